The van der Waals surface area contributed by atoms with Crippen LogP contribution in [0.3, 0.4) is 0 Å². The Hall–Kier alpha value is -2.19. The maximum absolute atomic E-state index is 13.1. The molecule has 0 unspecified atom stereocenters. The van der Waals surface area contributed by atoms with Crippen molar-refractivity contribution in [3.05, 3.63) is 36.7 Å². The number of pyridine rings is 1. The third-order valence-electron chi connectivity index (χ3n) is 5.05. The smallest absolute Gasteiger partial charge is 0.407 e. The van der Waals surface area contributed by atoms with Crippen LogP contribution < -0.4 is 5.32 Å². The van der Waals surface area contributed by atoms with E-state index >= 15 is 0 Å². The van der Waals surface area contributed by atoms with Crippen LogP contribution in [-0.2, 0) is 14.8 Å². The molecule has 1 amide bonds. The third-order valence-corrected chi connectivity index (χ3v) is 7.01. The van der Waals surface area contributed by atoms with E-state index in [-0.39, 0.29) is 4.90 Å². The van der Waals surface area contributed by atoms with Crippen molar-refractivity contribution < 1.29 is 17.9 Å². The lowest BCUT2D eigenvalue weighted by atomic mass is 9.88. The second-order valence-corrected chi connectivity index (χ2v) is 8.41. The highest BCUT2D eigenvalue weighted by Gasteiger charge is 2.43. The fourth-order valence-corrected chi connectivity index (χ4v) is 5.25. The zero-order valence-corrected chi connectivity index (χ0v) is 14.5. The highest BCUT2D eigenvalue weighted by Crippen LogP contribution is 2.34. The predicted octanol–water partition coefficient (Wildman–Crippen LogP) is 1.89. The van der Waals surface area contributed by atoms with Gasteiger partial charge >= 0.3 is 6.09 Å². The Morgan fingerprint density at radius 1 is 1.16 bits per heavy atom. The number of sulfonamides is 1. The van der Waals surface area contributed by atoms with Crippen LogP contribution in [0, 0.1) is 0 Å². The predicted molar refractivity (Wildman–Crippen MR) is 91.6 cm³/mol. The number of amides is 1. The molecule has 1 spiro atoms. The zero-order chi connectivity index (χ0) is 17.5. The van der Waals surface area contributed by atoms with Gasteiger partial charge in [-0.1, -0.05) is 12.1 Å². The highest BCUT2D eigenvalue weighted by molar-refractivity contribution is 7.89. The van der Waals surface area contributed by atoms with Crippen molar-refractivity contribution >= 4 is 26.9 Å². The first-order valence-electron chi connectivity index (χ1n) is 8.30. The number of hydrogen-bond donors (Lipinski definition) is 1. The standard InChI is InChI=1S/C17H19N3O4S/c21-16-19-9-5-17(24-16)6-10-20(11-7-17)25(22,23)15-3-1-2-13-4-8-18-12-14(13)15/h1-4,8,12H,5-7,9-11H2,(H,19,21). The van der Waals surface area contributed by atoms with Gasteiger partial charge in [-0.25, -0.2) is 13.2 Å². The van der Waals surface area contributed by atoms with E-state index in [0.29, 0.717) is 44.3 Å². The van der Waals surface area contributed by atoms with E-state index in [1.54, 1.807) is 30.6 Å². The van der Waals surface area contributed by atoms with Gasteiger partial charge < -0.3 is 10.1 Å². The number of carbonyl (C=O) groups is 1. The van der Waals surface area contributed by atoms with Gasteiger partial charge in [-0.3, -0.25) is 4.98 Å². The van der Waals surface area contributed by atoms with Gasteiger partial charge in [0.05, 0.1) is 4.90 Å². The van der Waals surface area contributed by atoms with Gasteiger partial charge in [0.2, 0.25) is 10.0 Å². The SMILES string of the molecule is O=C1NCCC2(CCN(S(=O)(=O)c3cccc4ccncc34)CC2)O1. The first kappa shape index (κ1) is 16.3. The second-order valence-electron chi connectivity index (χ2n) is 6.51. The largest absolute Gasteiger partial charge is 0.443 e. The molecule has 7 nitrogen and oxygen atoms in total. The van der Waals surface area contributed by atoms with Crippen LogP contribution in [0.2, 0.25) is 0 Å². The Morgan fingerprint density at radius 2 is 1.96 bits per heavy atom. The van der Waals surface area contributed by atoms with E-state index in [2.05, 4.69) is 10.3 Å². The summed E-state index contributed by atoms with van der Waals surface area (Å²) in [7, 11) is -3.62. The lowest BCUT2D eigenvalue weighted by molar-refractivity contribution is -0.0435. The van der Waals surface area contributed by atoms with Crippen LogP contribution in [0.1, 0.15) is 19.3 Å². The molecule has 0 radical (unpaired) electrons. The van der Waals surface area contributed by atoms with Crippen LogP contribution >= 0.6 is 0 Å². The van der Waals surface area contributed by atoms with Crippen LogP contribution in [0.5, 0.6) is 0 Å². The molecule has 1 aromatic heterocycles. The van der Waals surface area contributed by atoms with E-state index in [1.807, 2.05) is 6.07 Å². The maximum atomic E-state index is 13.1. The van der Waals surface area contributed by atoms with Gasteiger partial charge in [-0.15, -0.1) is 0 Å². The molecule has 132 valence electrons. The molecule has 0 bridgehead atoms. The lowest BCUT2D eigenvalue weighted by Crippen LogP contribution is -2.54. The first-order valence-corrected chi connectivity index (χ1v) is 9.74. The number of carbonyl (C=O) groups excluding carboxylic acids is 1. The number of aromatic nitrogens is 1. The summed E-state index contributed by atoms with van der Waals surface area (Å²) in [6, 6.07) is 7.03. The summed E-state index contributed by atoms with van der Waals surface area (Å²) in [6.45, 7) is 1.25. The molecule has 2 aliphatic rings. The number of hydrogen-bond acceptors (Lipinski definition) is 5. The average Bonchev–Trinajstić information content (AvgIpc) is 2.61. The van der Waals surface area contributed by atoms with Gasteiger partial charge in [0.25, 0.3) is 0 Å². The number of rotatable bonds is 2. The van der Waals surface area contributed by atoms with Crippen LogP contribution in [0.4, 0.5) is 4.79 Å². The molecule has 1 aromatic carbocycles. The minimum Gasteiger partial charge on any atom is -0.443 e. The number of nitrogens with one attached hydrogen (secondary N) is 1. The van der Waals surface area contributed by atoms with Crippen LogP contribution in [0.15, 0.2) is 41.6 Å². The van der Waals surface area contributed by atoms with Crippen molar-refractivity contribution in [2.45, 2.75) is 29.8 Å². The summed E-state index contributed by atoms with van der Waals surface area (Å²) in [4.78, 5) is 15.8. The van der Waals surface area contributed by atoms with Gasteiger partial charge in [-0.2, -0.15) is 4.31 Å². The number of piperidine rings is 1. The van der Waals surface area contributed by atoms with E-state index in [9.17, 15) is 13.2 Å². The Bertz CT molecular complexity index is 915. The van der Waals surface area contributed by atoms with E-state index < -0.39 is 21.7 Å². The van der Waals surface area contributed by atoms with Crippen LogP contribution in [0.25, 0.3) is 10.8 Å². The Balaban J connectivity index is 1.60. The molecule has 2 saturated heterocycles. The summed E-state index contributed by atoms with van der Waals surface area (Å²) < 4.78 is 33.2. The van der Waals surface area contributed by atoms with Crippen molar-refractivity contribution in [3.8, 4) is 0 Å². The molecule has 2 aromatic rings. The highest BCUT2D eigenvalue weighted by atomic mass is 32.2. The zero-order valence-electron chi connectivity index (χ0n) is 13.6. The fraction of sp³-hybridized carbons (Fsp3) is 0.412. The third kappa shape index (κ3) is 2.85. The molecule has 3 heterocycles. The minimum absolute atomic E-state index is 0.274. The molecule has 2 fully saturated rings. The summed E-state index contributed by atoms with van der Waals surface area (Å²) >= 11 is 0. The molecular formula is C17H19N3O4S. The Labute approximate surface area is 146 Å². The number of benzene rings is 1. The second kappa shape index (κ2) is 5.96. The number of ether oxygens (including phenoxy) is 1. The summed E-state index contributed by atoms with van der Waals surface area (Å²) in [5, 5.41) is 4.11. The normalized spacial score (nSPS) is 21.0. The first-order chi connectivity index (χ1) is 12.0. The molecule has 4 rings (SSSR count). The fourth-order valence-electron chi connectivity index (χ4n) is 3.61. The van der Waals surface area contributed by atoms with Gasteiger partial charge in [0, 0.05) is 56.7 Å². The Morgan fingerprint density at radius 3 is 2.72 bits per heavy atom. The summed E-state index contributed by atoms with van der Waals surface area (Å²) in [5.41, 5.74) is -0.533. The summed E-state index contributed by atoms with van der Waals surface area (Å²) in [5.74, 6) is 0. The van der Waals surface area contributed by atoms with E-state index in [4.69, 9.17) is 4.74 Å². The monoisotopic (exact) mass is 361 g/mol. The van der Waals surface area contributed by atoms with Gasteiger partial charge in [-0.05, 0) is 17.5 Å². The van der Waals surface area contributed by atoms with Crippen molar-refractivity contribution in [1.29, 1.82) is 0 Å². The van der Waals surface area contributed by atoms with Crippen molar-refractivity contribution in [2.24, 2.45) is 0 Å². The molecule has 2 aliphatic heterocycles. The van der Waals surface area contributed by atoms with Crippen molar-refractivity contribution in [3.63, 3.8) is 0 Å². The lowest BCUT2D eigenvalue weighted by Gasteiger charge is -2.42. The quantitative estimate of drug-likeness (QED) is 0.882. The van der Waals surface area contributed by atoms with E-state index in [1.165, 1.54) is 4.31 Å². The van der Waals surface area contributed by atoms with Crippen LogP contribution in [-0.4, -0.2) is 49.0 Å². The molecule has 0 atom stereocenters. The molecule has 1 N–H and O–H groups in total. The topological polar surface area (TPSA) is 88.6 Å². The van der Waals surface area contributed by atoms with Crippen molar-refractivity contribution in [2.75, 3.05) is 19.6 Å². The average molecular weight is 361 g/mol. The number of alkyl carbamates (subject to hydrolysis) is 1. The number of nitrogens with zero attached hydrogens (tertiary/aromatic N) is 2. The molecule has 0 aliphatic carbocycles. The summed E-state index contributed by atoms with van der Waals surface area (Å²) in [6.07, 6.45) is 4.57. The molecule has 0 saturated carbocycles. The molecule has 25 heavy (non-hydrogen) atoms. The number of fused-ring (bicyclic) bond motifs is 1. The molecule has 8 heteroatoms. The van der Waals surface area contributed by atoms with Gasteiger partial charge in [0.15, 0.2) is 0 Å². The van der Waals surface area contributed by atoms with E-state index in [0.717, 1.165) is 5.39 Å². The van der Waals surface area contributed by atoms with Gasteiger partial charge in [0.1, 0.15) is 5.60 Å². The van der Waals surface area contributed by atoms with Crippen molar-refractivity contribution in [1.82, 2.24) is 14.6 Å². The molecular weight excluding hydrogens is 342 g/mol. The Kier molecular flexibility index (Phi) is 3.88. The maximum Gasteiger partial charge on any atom is 0.407 e. The minimum atomic E-state index is -3.62.